The Morgan fingerprint density at radius 2 is 1.78 bits per heavy atom. The molecule has 0 aromatic heterocycles. The van der Waals surface area contributed by atoms with Crippen LogP contribution in [0.2, 0.25) is 0 Å². The highest BCUT2D eigenvalue weighted by molar-refractivity contribution is 5.79. The number of rotatable bonds is 3. The van der Waals surface area contributed by atoms with Gasteiger partial charge in [-0.2, -0.15) is 0 Å². The van der Waals surface area contributed by atoms with E-state index in [0.717, 1.165) is 25.7 Å². The van der Waals surface area contributed by atoms with E-state index in [1.165, 1.54) is 0 Å². The number of hydrogen-bond donors (Lipinski definition) is 1. The Balaban J connectivity index is 1.93. The minimum absolute atomic E-state index is 0.00351. The van der Waals surface area contributed by atoms with Crippen molar-refractivity contribution in [2.24, 2.45) is 11.7 Å². The van der Waals surface area contributed by atoms with E-state index in [-0.39, 0.29) is 30.1 Å². The van der Waals surface area contributed by atoms with Crippen molar-refractivity contribution >= 4 is 5.91 Å². The number of nitrogens with zero attached hydrogens (tertiary/aromatic N) is 1. The Bertz CT molecular complexity index is 286. The van der Waals surface area contributed by atoms with Crippen LogP contribution in [0.3, 0.4) is 0 Å². The number of nitrogens with two attached hydrogens (primary N) is 1. The fourth-order valence-corrected chi connectivity index (χ4v) is 3.09. The van der Waals surface area contributed by atoms with E-state index in [1.807, 2.05) is 4.90 Å². The van der Waals surface area contributed by atoms with E-state index in [0.29, 0.717) is 13.1 Å². The van der Waals surface area contributed by atoms with Gasteiger partial charge in [0.05, 0.1) is 0 Å². The summed E-state index contributed by atoms with van der Waals surface area (Å²) in [7, 11) is 3.34. The smallest absolute Gasteiger partial charge is 0.225 e. The monoisotopic (exact) mass is 256 g/mol. The average molecular weight is 256 g/mol. The third-order valence-corrected chi connectivity index (χ3v) is 4.20. The van der Waals surface area contributed by atoms with Crippen LogP contribution in [0.1, 0.15) is 25.7 Å². The molecule has 1 saturated heterocycles. The molecule has 1 heterocycles. The first-order chi connectivity index (χ1) is 8.65. The van der Waals surface area contributed by atoms with E-state index in [2.05, 4.69) is 0 Å². The lowest BCUT2D eigenvalue weighted by Gasteiger charge is -2.29. The van der Waals surface area contributed by atoms with Gasteiger partial charge >= 0.3 is 0 Å². The van der Waals surface area contributed by atoms with E-state index in [1.54, 1.807) is 14.2 Å². The second-order valence-corrected chi connectivity index (χ2v) is 5.42. The van der Waals surface area contributed by atoms with Crippen LogP contribution in [0.5, 0.6) is 0 Å². The molecule has 2 N–H and O–H groups in total. The zero-order chi connectivity index (χ0) is 13.1. The number of amides is 1. The number of carbonyl (C=O) groups excluding carboxylic acids is 1. The van der Waals surface area contributed by atoms with Crippen molar-refractivity contribution in [2.75, 3.05) is 27.3 Å². The average Bonchev–Trinajstić information content (AvgIpc) is 2.81. The van der Waals surface area contributed by atoms with Crippen LogP contribution in [-0.4, -0.2) is 56.4 Å². The predicted molar refractivity (Wildman–Crippen MR) is 68.1 cm³/mol. The van der Waals surface area contributed by atoms with Crippen molar-refractivity contribution in [3.63, 3.8) is 0 Å². The zero-order valence-corrected chi connectivity index (χ0v) is 11.3. The lowest BCUT2D eigenvalue weighted by atomic mass is 9.85. The van der Waals surface area contributed by atoms with Crippen LogP contribution in [0, 0.1) is 5.92 Å². The molecule has 4 unspecified atom stereocenters. The molecule has 5 heteroatoms. The van der Waals surface area contributed by atoms with Crippen LogP contribution < -0.4 is 5.73 Å². The second-order valence-electron chi connectivity index (χ2n) is 5.42. The van der Waals surface area contributed by atoms with Crippen LogP contribution in [0.4, 0.5) is 0 Å². The Morgan fingerprint density at radius 1 is 1.17 bits per heavy atom. The van der Waals surface area contributed by atoms with Crippen molar-refractivity contribution < 1.29 is 14.3 Å². The molecule has 1 aliphatic carbocycles. The molecule has 0 bridgehead atoms. The maximum absolute atomic E-state index is 12.4. The number of carbonyl (C=O) groups is 1. The Labute approximate surface area is 109 Å². The third kappa shape index (κ3) is 2.84. The molecule has 1 aliphatic heterocycles. The van der Waals surface area contributed by atoms with Gasteiger partial charge in [-0.05, 0) is 19.3 Å². The molecule has 2 rings (SSSR count). The van der Waals surface area contributed by atoms with Gasteiger partial charge in [-0.15, -0.1) is 0 Å². The van der Waals surface area contributed by atoms with Gasteiger partial charge < -0.3 is 20.1 Å². The minimum atomic E-state index is -0.00351. The summed E-state index contributed by atoms with van der Waals surface area (Å²) in [5.41, 5.74) is 5.95. The summed E-state index contributed by atoms with van der Waals surface area (Å²) in [6, 6.07) is 0.187. The molecule has 0 aromatic rings. The van der Waals surface area contributed by atoms with Gasteiger partial charge in [-0.1, -0.05) is 6.42 Å². The summed E-state index contributed by atoms with van der Waals surface area (Å²) in [5, 5.41) is 0. The molecule has 2 fully saturated rings. The van der Waals surface area contributed by atoms with Gasteiger partial charge in [0.2, 0.25) is 5.91 Å². The first kappa shape index (κ1) is 13.8. The SMILES string of the molecule is COC1CN(C(=O)C2CCCC(N)C2)CC1OC. The van der Waals surface area contributed by atoms with E-state index < -0.39 is 0 Å². The first-order valence-corrected chi connectivity index (χ1v) is 6.75. The summed E-state index contributed by atoms with van der Waals surface area (Å²) in [6.45, 7) is 1.28. The van der Waals surface area contributed by atoms with Gasteiger partial charge in [0, 0.05) is 39.3 Å². The van der Waals surface area contributed by atoms with Crippen LogP contribution in [0.15, 0.2) is 0 Å². The maximum Gasteiger partial charge on any atom is 0.225 e. The lowest BCUT2D eigenvalue weighted by molar-refractivity contribution is -0.136. The molecule has 0 radical (unpaired) electrons. The summed E-state index contributed by atoms with van der Waals surface area (Å²) in [5.74, 6) is 0.327. The fraction of sp³-hybridized carbons (Fsp3) is 0.923. The van der Waals surface area contributed by atoms with Gasteiger partial charge in [0.15, 0.2) is 0 Å². The quantitative estimate of drug-likeness (QED) is 0.792. The van der Waals surface area contributed by atoms with Crippen LogP contribution >= 0.6 is 0 Å². The first-order valence-electron chi connectivity index (χ1n) is 6.75. The zero-order valence-electron chi connectivity index (χ0n) is 11.3. The maximum atomic E-state index is 12.4. The number of ether oxygens (including phenoxy) is 2. The van der Waals surface area contributed by atoms with Gasteiger partial charge in [0.25, 0.3) is 0 Å². The molecule has 0 spiro atoms. The Kier molecular flexibility index (Phi) is 4.59. The minimum Gasteiger partial charge on any atom is -0.377 e. The van der Waals surface area contributed by atoms with Gasteiger partial charge in [-0.25, -0.2) is 0 Å². The van der Waals surface area contributed by atoms with Gasteiger partial charge in [0.1, 0.15) is 12.2 Å². The summed E-state index contributed by atoms with van der Waals surface area (Å²) in [4.78, 5) is 14.3. The molecule has 2 aliphatic rings. The Hall–Kier alpha value is -0.650. The number of methoxy groups -OCH3 is 2. The van der Waals surface area contributed by atoms with E-state index >= 15 is 0 Å². The van der Waals surface area contributed by atoms with E-state index in [4.69, 9.17) is 15.2 Å². The largest absolute Gasteiger partial charge is 0.377 e. The molecular formula is C13H24N2O3. The fourth-order valence-electron chi connectivity index (χ4n) is 3.09. The molecule has 1 saturated carbocycles. The molecule has 5 nitrogen and oxygen atoms in total. The highest BCUT2D eigenvalue weighted by Gasteiger charge is 2.38. The highest BCUT2D eigenvalue weighted by atomic mass is 16.5. The van der Waals surface area contributed by atoms with Crippen molar-refractivity contribution in [2.45, 2.75) is 43.9 Å². The molecule has 18 heavy (non-hydrogen) atoms. The van der Waals surface area contributed by atoms with Crippen molar-refractivity contribution in [1.29, 1.82) is 0 Å². The van der Waals surface area contributed by atoms with Crippen molar-refractivity contribution in [1.82, 2.24) is 4.90 Å². The number of likely N-dealkylation sites (tertiary alicyclic amines) is 1. The van der Waals surface area contributed by atoms with Crippen molar-refractivity contribution in [3.05, 3.63) is 0 Å². The number of hydrogen-bond acceptors (Lipinski definition) is 4. The Morgan fingerprint density at radius 3 is 2.28 bits per heavy atom. The van der Waals surface area contributed by atoms with Gasteiger partial charge in [-0.3, -0.25) is 4.79 Å². The molecule has 0 aromatic carbocycles. The molecule has 1 amide bonds. The summed E-state index contributed by atoms with van der Waals surface area (Å²) >= 11 is 0. The molecular weight excluding hydrogens is 232 g/mol. The lowest BCUT2D eigenvalue weighted by Crippen LogP contribution is -2.40. The van der Waals surface area contributed by atoms with Crippen LogP contribution in [0.25, 0.3) is 0 Å². The summed E-state index contributed by atoms with van der Waals surface area (Å²) < 4.78 is 10.7. The summed E-state index contributed by atoms with van der Waals surface area (Å²) in [6.07, 6.45) is 3.90. The topological polar surface area (TPSA) is 64.8 Å². The standard InChI is InChI=1S/C13H24N2O3/c1-17-11-7-15(8-12(11)18-2)13(16)9-4-3-5-10(14)6-9/h9-12H,3-8,14H2,1-2H3. The molecule has 4 atom stereocenters. The highest BCUT2D eigenvalue weighted by Crippen LogP contribution is 2.27. The second kappa shape index (κ2) is 5.99. The van der Waals surface area contributed by atoms with Crippen molar-refractivity contribution in [3.8, 4) is 0 Å². The van der Waals surface area contributed by atoms with E-state index in [9.17, 15) is 4.79 Å². The van der Waals surface area contributed by atoms with Crippen LogP contribution in [-0.2, 0) is 14.3 Å². The molecule has 104 valence electrons. The normalized spacial score (nSPS) is 36.9. The predicted octanol–water partition coefficient (Wildman–Crippen LogP) is 0.376. The third-order valence-electron chi connectivity index (χ3n) is 4.20.